The van der Waals surface area contributed by atoms with Gasteiger partial charge in [-0.3, -0.25) is 0 Å². The van der Waals surface area contributed by atoms with E-state index in [9.17, 15) is 0 Å². The van der Waals surface area contributed by atoms with Crippen molar-refractivity contribution in [3.05, 3.63) is 71.4 Å². The largest absolute Gasteiger partial charge is 0.484 e. The maximum atomic E-state index is 5.74. The van der Waals surface area contributed by atoms with Crippen LogP contribution in [0.1, 0.15) is 22.9 Å². The zero-order chi connectivity index (χ0) is 16.1. The molecule has 0 amide bonds. The monoisotopic (exact) mass is 310 g/mol. The lowest BCUT2D eigenvalue weighted by Crippen LogP contribution is -1.98. The molecule has 0 bridgehead atoms. The SMILES string of the molecule is Cc1cccc(OCc2nnc(COc3ccccc3)o2)c1C. The zero-order valence-corrected chi connectivity index (χ0v) is 13.2. The molecule has 0 aliphatic heterocycles. The number of nitrogens with zero attached hydrogens (tertiary/aromatic N) is 2. The minimum atomic E-state index is 0.237. The molecule has 3 rings (SSSR count). The second-order valence-electron chi connectivity index (χ2n) is 5.18. The summed E-state index contributed by atoms with van der Waals surface area (Å²) >= 11 is 0. The van der Waals surface area contributed by atoms with Crippen LogP contribution < -0.4 is 9.47 Å². The molecule has 5 nitrogen and oxygen atoms in total. The van der Waals surface area contributed by atoms with Crippen LogP contribution in [-0.2, 0) is 13.2 Å². The predicted molar refractivity (Wildman–Crippen MR) is 85.3 cm³/mol. The van der Waals surface area contributed by atoms with E-state index in [1.54, 1.807) is 0 Å². The van der Waals surface area contributed by atoms with Gasteiger partial charge in [0.2, 0.25) is 0 Å². The van der Waals surface area contributed by atoms with Crippen molar-refractivity contribution < 1.29 is 13.9 Å². The molecule has 2 aromatic carbocycles. The molecule has 0 aliphatic carbocycles. The molecular weight excluding hydrogens is 292 g/mol. The normalized spacial score (nSPS) is 10.5. The van der Waals surface area contributed by atoms with E-state index in [2.05, 4.69) is 10.2 Å². The van der Waals surface area contributed by atoms with Crippen LogP contribution in [-0.4, -0.2) is 10.2 Å². The number of rotatable bonds is 6. The highest BCUT2D eigenvalue weighted by molar-refractivity contribution is 5.38. The van der Waals surface area contributed by atoms with Crippen LogP contribution in [0.4, 0.5) is 0 Å². The van der Waals surface area contributed by atoms with E-state index >= 15 is 0 Å². The Morgan fingerprint density at radius 3 is 2.26 bits per heavy atom. The molecule has 0 aliphatic rings. The summed E-state index contributed by atoms with van der Waals surface area (Å²) in [4.78, 5) is 0. The molecule has 118 valence electrons. The molecule has 0 atom stereocenters. The van der Waals surface area contributed by atoms with Crippen LogP contribution in [0, 0.1) is 13.8 Å². The van der Waals surface area contributed by atoms with Crippen molar-refractivity contribution in [1.29, 1.82) is 0 Å². The third-order valence-electron chi connectivity index (χ3n) is 3.52. The highest BCUT2D eigenvalue weighted by Crippen LogP contribution is 2.21. The van der Waals surface area contributed by atoms with Gasteiger partial charge in [-0.2, -0.15) is 0 Å². The topological polar surface area (TPSA) is 57.4 Å². The summed E-state index contributed by atoms with van der Waals surface area (Å²) < 4.78 is 16.8. The third kappa shape index (κ3) is 3.88. The van der Waals surface area contributed by atoms with Gasteiger partial charge in [0, 0.05) is 0 Å². The molecule has 0 N–H and O–H groups in total. The van der Waals surface area contributed by atoms with Gasteiger partial charge in [-0.25, -0.2) is 0 Å². The van der Waals surface area contributed by atoms with Gasteiger partial charge >= 0.3 is 0 Å². The minimum absolute atomic E-state index is 0.237. The average molecular weight is 310 g/mol. The van der Waals surface area contributed by atoms with E-state index < -0.39 is 0 Å². The first-order valence-corrected chi connectivity index (χ1v) is 7.40. The minimum Gasteiger partial charge on any atom is -0.484 e. The smallest absolute Gasteiger partial charge is 0.254 e. The molecule has 1 heterocycles. The van der Waals surface area contributed by atoms with Gasteiger partial charge < -0.3 is 13.9 Å². The number of benzene rings is 2. The fourth-order valence-corrected chi connectivity index (χ4v) is 2.09. The maximum Gasteiger partial charge on any atom is 0.254 e. The zero-order valence-electron chi connectivity index (χ0n) is 13.2. The molecule has 1 aromatic heterocycles. The third-order valence-corrected chi connectivity index (χ3v) is 3.52. The quantitative estimate of drug-likeness (QED) is 0.692. The van der Waals surface area contributed by atoms with Crippen LogP contribution in [0.15, 0.2) is 52.9 Å². The fourth-order valence-electron chi connectivity index (χ4n) is 2.09. The number of aryl methyl sites for hydroxylation is 1. The van der Waals surface area contributed by atoms with E-state index in [4.69, 9.17) is 13.9 Å². The number of hydrogen-bond acceptors (Lipinski definition) is 5. The summed E-state index contributed by atoms with van der Waals surface area (Å²) in [7, 11) is 0. The molecule has 3 aromatic rings. The highest BCUT2D eigenvalue weighted by Gasteiger charge is 2.09. The van der Waals surface area contributed by atoms with E-state index in [1.165, 1.54) is 5.56 Å². The van der Waals surface area contributed by atoms with Crippen molar-refractivity contribution >= 4 is 0 Å². The lowest BCUT2D eigenvalue weighted by molar-refractivity contribution is 0.231. The van der Waals surface area contributed by atoms with Crippen molar-refractivity contribution in [2.75, 3.05) is 0 Å². The second kappa shape index (κ2) is 6.96. The summed E-state index contributed by atoms with van der Waals surface area (Å²) in [5.41, 5.74) is 2.30. The predicted octanol–water partition coefficient (Wildman–Crippen LogP) is 3.84. The Morgan fingerprint density at radius 2 is 1.52 bits per heavy atom. The van der Waals surface area contributed by atoms with Gasteiger partial charge in [0.15, 0.2) is 13.2 Å². The van der Waals surface area contributed by atoms with Crippen LogP contribution in [0.5, 0.6) is 11.5 Å². The van der Waals surface area contributed by atoms with Gasteiger partial charge in [0.1, 0.15) is 11.5 Å². The van der Waals surface area contributed by atoms with Crippen LogP contribution >= 0.6 is 0 Å². The first kappa shape index (κ1) is 15.1. The lowest BCUT2D eigenvalue weighted by atomic mass is 10.1. The Labute approximate surface area is 134 Å². The average Bonchev–Trinajstić information content (AvgIpc) is 3.03. The van der Waals surface area contributed by atoms with E-state index in [1.807, 2.05) is 62.4 Å². The Bertz CT molecular complexity index is 769. The molecule has 0 saturated heterocycles. The van der Waals surface area contributed by atoms with E-state index in [0.29, 0.717) is 11.8 Å². The summed E-state index contributed by atoms with van der Waals surface area (Å²) in [6, 6.07) is 15.4. The standard InChI is InChI=1S/C18H18N2O3/c1-13-7-6-10-16(14(13)2)22-12-18-20-19-17(23-18)11-21-15-8-4-3-5-9-15/h3-10H,11-12H2,1-2H3. The summed E-state index contributed by atoms with van der Waals surface area (Å²) in [5, 5.41) is 7.94. The molecule has 0 saturated carbocycles. The summed E-state index contributed by atoms with van der Waals surface area (Å²) in [6.45, 7) is 4.55. The Morgan fingerprint density at radius 1 is 0.826 bits per heavy atom. The van der Waals surface area contributed by atoms with Gasteiger partial charge in [0.25, 0.3) is 11.8 Å². The molecule has 0 fully saturated rings. The molecule has 23 heavy (non-hydrogen) atoms. The van der Waals surface area contributed by atoms with Crippen molar-refractivity contribution in [2.45, 2.75) is 27.1 Å². The van der Waals surface area contributed by atoms with Crippen LogP contribution in [0.25, 0.3) is 0 Å². The van der Waals surface area contributed by atoms with Gasteiger partial charge in [-0.05, 0) is 43.2 Å². The van der Waals surface area contributed by atoms with Gasteiger partial charge in [-0.15, -0.1) is 10.2 Å². The first-order valence-electron chi connectivity index (χ1n) is 7.40. The highest BCUT2D eigenvalue weighted by atomic mass is 16.5. The number of para-hydroxylation sites is 1. The van der Waals surface area contributed by atoms with Gasteiger partial charge in [0.05, 0.1) is 0 Å². The Hall–Kier alpha value is -2.82. The molecule has 0 spiro atoms. The van der Waals surface area contributed by atoms with E-state index in [-0.39, 0.29) is 13.2 Å². The van der Waals surface area contributed by atoms with Gasteiger partial charge in [-0.1, -0.05) is 30.3 Å². The summed E-state index contributed by atoms with van der Waals surface area (Å²) in [6.07, 6.45) is 0. The summed E-state index contributed by atoms with van der Waals surface area (Å²) in [5.74, 6) is 2.44. The molecule has 5 heteroatoms. The molecular formula is C18H18N2O3. The van der Waals surface area contributed by atoms with Crippen molar-refractivity contribution in [2.24, 2.45) is 0 Å². The van der Waals surface area contributed by atoms with Crippen LogP contribution in [0.3, 0.4) is 0 Å². The number of hydrogen-bond donors (Lipinski definition) is 0. The number of aromatic nitrogens is 2. The molecule has 0 radical (unpaired) electrons. The Kier molecular flexibility index (Phi) is 4.57. The van der Waals surface area contributed by atoms with Crippen LogP contribution in [0.2, 0.25) is 0 Å². The second-order valence-corrected chi connectivity index (χ2v) is 5.18. The fraction of sp³-hybridized carbons (Fsp3) is 0.222. The molecule has 0 unspecified atom stereocenters. The Balaban J connectivity index is 1.56. The maximum absolute atomic E-state index is 5.74. The van der Waals surface area contributed by atoms with Crippen molar-refractivity contribution in [3.8, 4) is 11.5 Å². The van der Waals surface area contributed by atoms with Crippen molar-refractivity contribution in [1.82, 2.24) is 10.2 Å². The number of ether oxygens (including phenoxy) is 2. The first-order chi connectivity index (χ1) is 11.2. The lowest BCUT2D eigenvalue weighted by Gasteiger charge is -2.08. The van der Waals surface area contributed by atoms with E-state index in [0.717, 1.165) is 17.1 Å². The van der Waals surface area contributed by atoms with Crippen molar-refractivity contribution in [3.63, 3.8) is 0 Å².